The Hall–Kier alpha value is 0.0200. The average Bonchev–Trinajstić information content (AvgIpc) is 3.18. The van der Waals surface area contributed by atoms with Crippen LogP contribution >= 0.6 is 34.2 Å². The van der Waals surface area contributed by atoms with Crippen molar-refractivity contribution in [1.82, 2.24) is 9.97 Å². The van der Waals surface area contributed by atoms with Crippen molar-refractivity contribution < 1.29 is 9.47 Å². The van der Waals surface area contributed by atoms with Gasteiger partial charge in [0.25, 0.3) is 0 Å². The smallest absolute Gasteiger partial charge is 0.161 e. The van der Waals surface area contributed by atoms with E-state index >= 15 is 0 Å². The predicted molar refractivity (Wildman–Crippen MR) is 71.2 cm³/mol. The molecule has 0 spiro atoms. The SMILES string of the molecule is Clc1nc(C2COCCO2)nc(C2CC2)c1I. The highest BCUT2D eigenvalue weighted by molar-refractivity contribution is 14.1. The Morgan fingerprint density at radius 2 is 2.06 bits per heavy atom. The van der Waals surface area contributed by atoms with E-state index in [1.807, 2.05) is 0 Å². The second kappa shape index (κ2) is 4.95. The lowest BCUT2D eigenvalue weighted by Gasteiger charge is -2.22. The molecule has 6 heteroatoms. The molecule has 1 atom stereocenters. The number of hydrogen-bond donors (Lipinski definition) is 0. The zero-order chi connectivity index (χ0) is 11.8. The van der Waals surface area contributed by atoms with Gasteiger partial charge < -0.3 is 9.47 Å². The fourth-order valence-electron chi connectivity index (χ4n) is 1.86. The lowest BCUT2D eigenvalue weighted by atomic mass is 10.2. The zero-order valence-corrected chi connectivity index (χ0v) is 12.1. The lowest BCUT2D eigenvalue weighted by Crippen LogP contribution is -2.24. The number of aromatic nitrogens is 2. The molecule has 1 unspecified atom stereocenters. The van der Waals surface area contributed by atoms with Crippen LogP contribution in [-0.4, -0.2) is 29.8 Å². The van der Waals surface area contributed by atoms with Gasteiger partial charge in [0.05, 0.1) is 29.1 Å². The first kappa shape index (κ1) is 12.1. The number of rotatable bonds is 2. The Bertz CT molecular complexity index is 434. The van der Waals surface area contributed by atoms with Crippen molar-refractivity contribution in [2.45, 2.75) is 24.9 Å². The molecule has 0 bridgehead atoms. The normalized spacial score (nSPS) is 24.9. The first-order valence-electron chi connectivity index (χ1n) is 5.68. The van der Waals surface area contributed by atoms with Gasteiger partial charge in [-0.25, -0.2) is 9.97 Å². The van der Waals surface area contributed by atoms with Crippen molar-refractivity contribution in [3.05, 3.63) is 20.2 Å². The highest BCUT2D eigenvalue weighted by Gasteiger charge is 2.31. The van der Waals surface area contributed by atoms with Gasteiger partial charge >= 0.3 is 0 Å². The molecule has 92 valence electrons. The lowest BCUT2D eigenvalue weighted by molar-refractivity contribution is -0.0936. The summed E-state index contributed by atoms with van der Waals surface area (Å²) in [5.74, 6) is 1.22. The minimum absolute atomic E-state index is 0.171. The summed E-state index contributed by atoms with van der Waals surface area (Å²) in [4.78, 5) is 8.92. The molecular weight excluding hydrogens is 354 g/mol. The number of halogens is 2. The topological polar surface area (TPSA) is 44.2 Å². The van der Waals surface area contributed by atoms with Gasteiger partial charge in [-0.15, -0.1) is 0 Å². The quantitative estimate of drug-likeness (QED) is 0.596. The summed E-state index contributed by atoms with van der Waals surface area (Å²) in [5.41, 5.74) is 1.08. The maximum Gasteiger partial charge on any atom is 0.161 e. The van der Waals surface area contributed by atoms with Crippen LogP contribution in [0.1, 0.15) is 36.4 Å². The zero-order valence-electron chi connectivity index (χ0n) is 9.16. The molecular formula is C11H12ClIN2O2. The maximum absolute atomic E-state index is 6.16. The molecule has 0 amide bonds. The molecule has 2 heterocycles. The summed E-state index contributed by atoms with van der Waals surface area (Å²) < 4.78 is 12.0. The third kappa shape index (κ3) is 2.57. The average molecular weight is 367 g/mol. The molecule has 1 aromatic heterocycles. The van der Waals surface area contributed by atoms with E-state index in [4.69, 9.17) is 21.1 Å². The van der Waals surface area contributed by atoms with Crippen LogP contribution in [0.5, 0.6) is 0 Å². The van der Waals surface area contributed by atoms with E-state index in [-0.39, 0.29) is 6.10 Å². The molecule has 1 saturated carbocycles. The minimum Gasteiger partial charge on any atom is -0.376 e. The van der Waals surface area contributed by atoms with Crippen LogP contribution in [0.2, 0.25) is 5.15 Å². The van der Waals surface area contributed by atoms with Crippen molar-refractivity contribution in [2.75, 3.05) is 19.8 Å². The van der Waals surface area contributed by atoms with Gasteiger partial charge in [-0.1, -0.05) is 11.6 Å². The standard InChI is InChI=1S/C11H12ClIN2O2/c12-10-8(13)9(6-1-2-6)14-11(15-10)7-5-16-3-4-17-7/h6-7H,1-5H2. The van der Waals surface area contributed by atoms with Gasteiger partial charge in [-0.2, -0.15) is 0 Å². The van der Waals surface area contributed by atoms with Crippen LogP contribution in [0.3, 0.4) is 0 Å². The fraction of sp³-hybridized carbons (Fsp3) is 0.636. The van der Waals surface area contributed by atoms with Crippen molar-refractivity contribution >= 4 is 34.2 Å². The first-order chi connectivity index (χ1) is 8.25. The first-order valence-corrected chi connectivity index (χ1v) is 7.13. The van der Waals surface area contributed by atoms with E-state index in [9.17, 15) is 0 Å². The molecule has 0 aromatic carbocycles. The Labute approximate surface area is 118 Å². The summed E-state index contributed by atoms with van der Waals surface area (Å²) >= 11 is 8.37. The molecule has 4 nitrogen and oxygen atoms in total. The van der Waals surface area contributed by atoms with Gasteiger partial charge in [0.1, 0.15) is 11.3 Å². The van der Waals surface area contributed by atoms with Crippen LogP contribution in [0.4, 0.5) is 0 Å². The van der Waals surface area contributed by atoms with Crippen LogP contribution in [0.25, 0.3) is 0 Å². The summed E-state index contributed by atoms with van der Waals surface area (Å²) in [6, 6.07) is 0. The Morgan fingerprint density at radius 1 is 1.24 bits per heavy atom. The Balaban J connectivity index is 1.93. The van der Waals surface area contributed by atoms with E-state index in [0.717, 1.165) is 9.26 Å². The van der Waals surface area contributed by atoms with E-state index < -0.39 is 0 Å². The molecule has 1 saturated heterocycles. The van der Waals surface area contributed by atoms with Crippen LogP contribution in [0.15, 0.2) is 0 Å². The van der Waals surface area contributed by atoms with Crippen molar-refractivity contribution in [3.63, 3.8) is 0 Å². The van der Waals surface area contributed by atoms with Gasteiger partial charge in [0.2, 0.25) is 0 Å². The molecule has 0 N–H and O–H groups in total. The van der Waals surface area contributed by atoms with E-state index in [0.29, 0.717) is 36.7 Å². The molecule has 3 rings (SSSR count). The van der Waals surface area contributed by atoms with Crippen LogP contribution in [-0.2, 0) is 9.47 Å². The maximum atomic E-state index is 6.16. The highest BCUT2D eigenvalue weighted by Crippen LogP contribution is 2.42. The van der Waals surface area contributed by atoms with Gasteiger partial charge in [-0.3, -0.25) is 0 Å². The van der Waals surface area contributed by atoms with E-state index in [1.165, 1.54) is 12.8 Å². The summed E-state index contributed by atoms with van der Waals surface area (Å²) in [7, 11) is 0. The molecule has 1 aromatic rings. The molecule has 1 aliphatic carbocycles. The Morgan fingerprint density at radius 3 is 2.71 bits per heavy atom. The van der Waals surface area contributed by atoms with Crippen LogP contribution in [0, 0.1) is 3.57 Å². The number of ether oxygens (including phenoxy) is 2. The van der Waals surface area contributed by atoms with E-state index in [1.54, 1.807) is 0 Å². The number of hydrogen-bond acceptors (Lipinski definition) is 4. The van der Waals surface area contributed by atoms with E-state index in [2.05, 4.69) is 32.6 Å². The summed E-state index contributed by atoms with van der Waals surface area (Å²) in [5, 5.41) is 0.534. The third-order valence-electron chi connectivity index (χ3n) is 2.92. The van der Waals surface area contributed by atoms with Gasteiger partial charge in [0, 0.05) is 5.92 Å². The van der Waals surface area contributed by atoms with Crippen molar-refractivity contribution in [2.24, 2.45) is 0 Å². The largest absolute Gasteiger partial charge is 0.376 e. The van der Waals surface area contributed by atoms with Crippen molar-refractivity contribution in [3.8, 4) is 0 Å². The molecule has 1 aliphatic heterocycles. The minimum atomic E-state index is -0.171. The second-order valence-corrected chi connectivity index (χ2v) is 5.72. The number of nitrogens with zero attached hydrogens (tertiary/aromatic N) is 2. The molecule has 2 aliphatic rings. The second-order valence-electron chi connectivity index (χ2n) is 4.28. The monoisotopic (exact) mass is 366 g/mol. The molecule has 0 radical (unpaired) electrons. The fourth-order valence-corrected chi connectivity index (χ4v) is 2.73. The highest BCUT2D eigenvalue weighted by atomic mass is 127. The molecule has 17 heavy (non-hydrogen) atoms. The Kier molecular flexibility index (Phi) is 3.52. The summed E-state index contributed by atoms with van der Waals surface area (Å²) in [6.07, 6.45) is 2.23. The third-order valence-corrected chi connectivity index (χ3v) is 4.58. The predicted octanol–water partition coefficient (Wildman–Crippen LogP) is 2.70. The van der Waals surface area contributed by atoms with Crippen LogP contribution < -0.4 is 0 Å². The van der Waals surface area contributed by atoms with Gasteiger partial charge in [-0.05, 0) is 35.4 Å². The van der Waals surface area contributed by atoms with Crippen molar-refractivity contribution in [1.29, 1.82) is 0 Å². The van der Waals surface area contributed by atoms with Gasteiger partial charge in [0.15, 0.2) is 5.82 Å². The molecule has 2 fully saturated rings. The summed E-state index contributed by atoms with van der Waals surface area (Å²) in [6.45, 7) is 1.75.